The summed E-state index contributed by atoms with van der Waals surface area (Å²) in [5.41, 5.74) is 0.483. The summed E-state index contributed by atoms with van der Waals surface area (Å²) in [5.74, 6) is -0.816. The third kappa shape index (κ3) is 5.24. The Morgan fingerprint density at radius 1 is 0.780 bits per heavy atom. The van der Waals surface area contributed by atoms with E-state index >= 15 is 0 Å². The summed E-state index contributed by atoms with van der Waals surface area (Å²) in [7, 11) is -6.55. The van der Waals surface area contributed by atoms with Crippen LogP contribution in [0.1, 0.15) is 5.69 Å². The van der Waals surface area contributed by atoms with Crippen molar-refractivity contribution in [1.82, 2.24) is 18.0 Å². The van der Waals surface area contributed by atoms with Crippen LogP contribution in [-0.2, 0) is 31.9 Å². The second-order valence-electron chi connectivity index (χ2n) is 9.55. The number of nitrogens with one attached hydrogen (secondary N) is 1. The monoisotopic (exact) mass is 595 g/mol. The zero-order valence-corrected chi connectivity index (χ0v) is 24.0. The molecule has 1 fully saturated rings. The summed E-state index contributed by atoms with van der Waals surface area (Å²) >= 11 is 0. The van der Waals surface area contributed by atoms with Crippen molar-refractivity contribution < 1.29 is 21.6 Å². The molecule has 0 spiro atoms. The Labute approximate surface area is 238 Å². The smallest absolute Gasteiger partial charge is 0.295 e. The van der Waals surface area contributed by atoms with Crippen molar-refractivity contribution in [3.05, 3.63) is 107 Å². The van der Waals surface area contributed by atoms with Gasteiger partial charge in [0.1, 0.15) is 11.7 Å². The van der Waals surface area contributed by atoms with Gasteiger partial charge in [-0.3, -0.25) is 14.3 Å². The maximum atomic E-state index is 13.8. The second-order valence-corrected chi connectivity index (χ2v) is 13.4. The normalized spacial score (nSPS) is 16.9. The molecule has 1 amide bonds. The Bertz CT molecular complexity index is 1840. The summed E-state index contributed by atoms with van der Waals surface area (Å²) in [6, 6.07) is 22.8. The van der Waals surface area contributed by atoms with Gasteiger partial charge >= 0.3 is 0 Å². The molecule has 1 aliphatic rings. The number of amides is 1. The number of carbonyl (C=O) groups is 1. The average Bonchev–Trinajstić information content (AvgIpc) is 3.20. The van der Waals surface area contributed by atoms with Crippen LogP contribution in [0.2, 0.25) is 0 Å². The number of hydrogen-bond acceptors (Lipinski definition) is 6. The lowest BCUT2D eigenvalue weighted by molar-refractivity contribution is -0.120. The summed E-state index contributed by atoms with van der Waals surface area (Å²) in [6.45, 7) is 0.803. The van der Waals surface area contributed by atoms with Gasteiger partial charge in [-0.1, -0.05) is 54.6 Å². The quantitative estimate of drug-likeness (QED) is 0.349. The van der Waals surface area contributed by atoms with Gasteiger partial charge < -0.3 is 5.32 Å². The highest BCUT2D eigenvalue weighted by Gasteiger charge is 2.43. The first-order valence-electron chi connectivity index (χ1n) is 12.8. The minimum absolute atomic E-state index is 0.0264. The molecule has 3 aromatic carbocycles. The van der Waals surface area contributed by atoms with E-state index in [2.05, 4.69) is 5.32 Å². The van der Waals surface area contributed by atoms with Gasteiger partial charge in [0.15, 0.2) is 0 Å². The van der Waals surface area contributed by atoms with E-state index in [1.165, 1.54) is 28.9 Å². The van der Waals surface area contributed by atoms with Gasteiger partial charge in [-0.25, -0.2) is 21.5 Å². The second kappa shape index (κ2) is 11.1. The number of carbonyl (C=O) groups excluding carboxylic acids is 1. The zero-order valence-electron chi connectivity index (χ0n) is 22.4. The SMILES string of the molecule is Cc1c(NC(=O)[C@H]2CN(S(=O)(=O)c3ccccc3)CCN2S(=O)(=O)c2ccccc2)c(=O)n(-c2ccccc2)n1C. The molecule has 214 valence electrons. The third-order valence-corrected chi connectivity index (χ3v) is 10.9. The third-order valence-electron chi connectivity index (χ3n) is 7.13. The molecule has 1 aliphatic heterocycles. The van der Waals surface area contributed by atoms with Crippen LogP contribution in [0, 0.1) is 6.92 Å². The molecular formula is C28H29N5O6S2. The van der Waals surface area contributed by atoms with Crippen molar-refractivity contribution in [1.29, 1.82) is 0 Å². The number of rotatable bonds is 7. The highest BCUT2D eigenvalue weighted by Crippen LogP contribution is 2.26. The molecule has 0 bridgehead atoms. The van der Waals surface area contributed by atoms with E-state index in [1.54, 1.807) is 79.3 Å². The van der Waals surface area contributed by atoms with Crippen LogP contribution in [0.15, 0.2) is 106 Å². The number of para-hydroxylation sites is 1. The summed E-state index contributed by atoms with van der Waals surface area (Å²) in [4.78, 5) is 27.3. The van der Waals surface area contributed by atoms with E-state index in [9.17, 15) is 26.4 Å². The Kier molecular flexibility index (Phi) is 7.70. The van der Waals surface area contributed by atoms with Gasteiger partial charge in [-0.05, 0) is 43.3 Å². The molecule has 4 aromatic rings. The van der Waals surface area contributed by atoms with Gasteiger partial charge in [0.25, 0.3) is 5.56 Å². The molecule has 11 nitrogen and oxygen atoms in total. The molecule has 5 rings (SSSR count). The molecule has 1 N–H and O–H groups in total. The fourth-order valence-electron chi connectivity index (χ4n) is 4.85. The lowest BCUT2D eigenvalue weighted by atomic mass is 10.2. The van der Waals surface area contributed by atoms with Crippen molar-refractivity contribution in [2.45, 2.75) is 22.8 Å². The highest BCUT2D eigenvalue weighted by atomic mass is 32.2. The first-order chi connectivity index (χ1) is 19.5. The topological polar surface area (TPSA) is 131 Å². The van der Waals surface area contributed by atoms with Gasteiger partial charge in [-0.2, -0.15) is 8.61 Å². The van der Waals surface area contributed by atoms with Crippen molar-refractivity contribution in [3.8, 4) is 5.69 Å². The molecule has 1 saturated heterocycles. The van der Waals surface area contributed by atoms with Gasteiger partial charge in [-0.15, -0.1) is 0 Å². The molecule has 0 radical (unpaired) electrons. The van der Waals surface area contributed by atoms with E-state index in [-0.39, 0.29) is 28.6 Å². The number of aromatic nitrogens is 2. The van der Waals surface area contributed by atoms with E-state index in [0.29, 0.717) is 11.4 Å². The van der Waals surface area contributed by atoms with Crippen molar-refractivity contribution in [2.75, 3.05) is 25.0 Å². The minimum Gasteiger partial charge on any atom is -0.318 e. The van der Waals surface area contributed by atoms with E-state index in [0.717, 1.165) is 8.61 Å². The van der Waals surface area contributed by atoms with Crippen LogP contribution in [0.3, 0.4) is 0 Å². The molecule has 0 saturated carbocycles. The van der Waals surface area contributed by atoms with Crippen LogP contribution >= 0.6 is 0 Å². The van der Waals surface area contributed by atoms with Crippen molar-refractivity contribution in [3.63, 3.8) is 0 Å². The van der Waals surface area contributed by atoms with Crippen LogP contribution in [0.5, 0.6) is 0 Å². The first kappa shape index (κ1) is 28.5. The summed E-state index contributed by atoms with van der Waals surface area (Å²) in [6.07, 6.45) is 0. The number of piperazine rings is 1. The summed E-state index contributed by atoms with van der Waals surface area (Å²) < 4.78 is 59.2. The predicted molar refractivity (Wildman–Crippen MR) is 154 cm³/mol. The lowest BCUT2D eigenvalue weighted by Crippen LogP contribution is -2.60. The van der Waals surface area contributed by atoms with Crippen LogP contribution < -0.4 is 10.9 Å². The van der Waals surface area contributed by atoms with E-state index < -0.39 is 44.1 Å². The van der Waals surface area contributed by atoms with Gasteiger partial charge in [0.05, 0.1) is 21.2 Å². The maximum absolute atomic E-state index is 13.8. The zero-order chi connectivity index (χ0) is 29.4. The van der Waals surface area contributed by atoms with Crippen LogP contribution in [0.4, 0.5) is 5.69 Å². The van der Waals surface area contributed by atoms with Gasteiger partial charge in [0, 0.05) is 26.7 Å². The van der Waals surface area contributed by atoms with Crippen LogP contribution in [-0.4, -0.2) is 66.4 Å². The Morgan fingerprint density at radius 2 is 1.29 bits per heavy atom. The minimum atomic E-state index is -4.19. The maximum Gasteiger partial charge on any atom is 0.295 e. The Hall–Kier alpha value is -4.04. The number of sulfonamides is 2. The molecule has 1 atom stereocenters. The highest BCUT2D eigenvalue weighted by molar-refractivity contribution is 7.89. The van der Waals surface area contributed by atoms with Gasteiger partial charge in [0.2, 0.25) is 26.0 Å². The summed E-state index contributed by atoms with van der Waals surface area (Å²) in [5, 5.41) is 2.62. The molecule has 41 heavy (non-hydrogen) atoms. The largest absolute Gasteiger partial charge is 0.318 e. The predicted octanol–water partition coefficient (Wildman–Crippen LogP) is 2.19. The van der Waals surface area contributed by atoms with E-state index in [4.69, 9.17) is 0 Å². The molecule has 1 aromatic heterocycles. The number of hydrogen-bond donors (Lipinski definition) is 1. The lowest BCUT2D eigenvalue weighted by Gasteiger charge is -2.38. The Morgan fingerprint density at radius 3 is 1.85 bits per heavy atom. The molecule has 13 heteroatoms. The first-order valence-corrected chi connectivity index (χ1v) is 15.7. The fourth-order valence-corrected chi connectivity index (χ4v) is 7.90. The van der Waals surface area contributed by atoms with Crippen molar-refractivity contribution in [2.24, 2.45) is 7.05 Å². The van der Waals surface area contributed by atoms with E-state index in [1.807, 2.05) is 6.07 Å². The fraction of sp³-hybridized carbons (Fsp3) is 0.214. The Balaban J connectivity index is 1.53. The molecule has 0 aliphatic carbocycles. The molecular weight excluding hydrogens is 566 g/mol. The van der Waals surface area contributed by atoms with Crippen molar-refractivity contribution >= 4 is 31.6 Å². The number of nitrogens with zero attached hydrogens (tertiary/aromatic N) is 4. The number of anilines is 1. The molecule has 2 heterocycles. The molecule has 0 unspecified atom stereocenters. The average molecular weight is 596 g/mol. The van der Waals surface area contributed by atoms with Crippen LogP contribution in [0.25, 0.3) is 5.69 Å². The number of benzene rings is 3. The standard InChI is InChI=1S/C28H29N5O6S2/c1-21-26(28(35)33(30(21)2)22-12-6-3-7-13-22)29-27(34)25-20-31(40(36,37)23-14-8-4-9-15-23)18-19-32(25)41(38,39)24-16-10-5-11-17-24/h3-17,25H,18-20H2,1-2H3,(H,29,34)/t25-/m1/s1.